The summed E-state index contributed by atoms with van der Waals surface area (Å²) in [6.45, 7) is 1.97. The van der Waals surface area contributed by atoms with Crippen molar-refractivity contribution >= 4 is 32.5 Å². The predicted octanol–water partition coefficient (Wildman–Crippen LogP) is 2.92. The molecule has 2 heterocycles. The predicted molar refractivity (Wildman–Crippen MR) is 105 cm³/mol. The Morgan fingerprint density at radius 1 is 1.04 bits per heavy atom. The number of aryl methyl sites for hydroxylation is 1. The Labute approximate surface area is 157 Å². The molecule has 1 N–H and O–H groups in total. The molecule has 1 aliphatic heterocycles. The minimum absolute atomic E-state index is 0.0488. The zero-order chi connectivity index (χ0) is 19.0. The van der Waals surface area contributed by atoms with Crippen LogP contribution in [0.4, 0.5) is 11.4 Å². The maximum Gasteiger partial charge on any atom is 0.419 e. The molecule has 0 aliphatic carbocycles. The third kappa shape index (κ3) is 3.44. The number of piperidine rings is 1. The van der Waals surface area contributed by atoms with E-state index in [4.69, 9.17) is 4.42 Å². The Hall–Kier alpha value is -2.74. The van der Waals surface area contributed by atoms with Crippen molar-refractivity contribution in [3.63, 3.8) is 0 Å². The normalized spacial score (nSPS) is 15.2. The van der Waals surface area contributed by atoms with Gasteiger partial charge in [-0.25, -0.2) is 13.2 Å². The highest BCUT2D eigenvalue weighted by Crippen LogP contribution is 2.25. The molecular weight excluding hydrogens is 366 g/mol. The summed E-state index contributed by atoms with van der Waals surface area (Å²) in [6, 6.07) is 11.8. The lowest BCUT2D eigenvalue weighted by atomic mass is 10.1. The first kappa shape index (κ1) is 17.7. The van der Waals surface area contributed by atoms with Gasteiger partial charge in [0, 0.05) is 31.9 Å². The van der Waals surface area contributed by atoms with E-state index in [0.29, 0.717) is 11.2 Å². The van der Waals surface area contributed by atoms with E-state index in [0.717, 1.165) is 31.6 Å². The van der Waals surface area contributed by atoms with E-state index in [9.17, 15) is 13.2 Å². The summed E-state index contributed by atoms with van der Waals surface area (Å²) in [7, 11) is -2.22. The number of sulfonamides is 1. The first-order chi connectivity index (χ1) is 12.9. The summed E-state index contributed by atoms with van der Waals surface area (Å²) in [5.74, 6) is -0.526. The molecule has 3 aromatic rings. The molecule has 0 saturated carbocycles. The summed E-state index contributed by atoms with van der Waals surface area (Å²) in [5, 5.41) is 0. The van der Waals surface area contributed by atoms with E-state index < -0.39 is 15.8 Å². The Kier molecular flexibility index (Phi) is 4.43. The number of rotatable bonds is 4. The molecule has 27 heavy (non-hydrogen) atoms. The van der Waals surface area contributed by atoms with E-state index in [1.807, 2.05) is 18.2 Å². The van der Waals surface area contributed by atoms with Crippen LogP contribution >= 0.6 is 0 Å². The Balaban J connectivity index is 1.62. The monoisotopic (exact) mass is 387 g/mol. The Bertz CT molecular complexity index is 1140. The van der Waals surface area contributed by atoms with Crippen molar-refractivity contribution in [2.45, 2.75) is 24.2 Å². The highest BCUT2D eigenvalue weighted by molar-refractivity contribution is 7.92. The van der Waals surface area contributed by atoms with E-state index in [1.165, 1.54) is 23.1 Å². The van der Waals surface area contributed by atoms with Gasteiger partial charge in [-0.05, 0) is 49.6 Å². The van der Waals surface area contributed by atoms with E-state index >= 15 is 0 Å². The molecular formula is C19H21N3O4S. The number of nitrogens with one attached hydrogen (secondary N) is 1. The van der Waals surface area contributed by atoms with Crippen molar-refractivity contribution in [2.24, 2.45) is 7.05 Å². The summed E-state index contributed by atoms with van der Waals surface area (Å²) in [4.78, 5) is 13.9. The fourth-order valence-corrected chi connectivity index (χ4v) is 4.48. The molecule has 7 nitrogen and oxygen atoms in total. The van der Waals surface area contributed by atoms with Crippen molar-refractivity contribution in [2.75, 3.05) is 22.7 Å². The highest BCUT2D eigenvalue weighted by atomic mass is 32.2. The van der Waals surface area contributed by atoms with Gasteiger partial charge in [-0.2, -0.15) is 0 Å². The van der Waals surface area contributed by atoms with Gasteiger partial charge in [0.25, 0.3) is 10.0 Å². The van der Waals surface area contributed by atoms with Crippen molar-refractivity contribution in [3.05, 3.63) is 53.0 Å². The lowest BCUT2D eigenvalue weighted by molar-refractivity contribution is 0.527. The SMILES string of the molecule is Cn1c(=O)oc2cc(S(=O)(=O)Nc3cccc(N4CCCCC4)c3)ccc21. The molecule has 0 spiro atoms. The fourth-order valence-electron chi connectivity index (χ4n) is 3.41. The number of aromatic nitrogens is 1. The van der Waals surface area contributed by atoms with Crippen molar-refractivity contribution in [1.82, 2.24) is 4.57 Å². The van der Waals surface area contributed by atoms with Crippen molar-refractivity contribution in [3.8, 4) is 0 Å². The standard InChI is InChI=1S/C19H21N3O4S/c1-21-17-9-8-16(13-18(17)26-19(21)23)27(24,25)20-14-6-5-7-15(12-14)22-10-3-2-4-11-22/h5-9,12-13,20H,2-4,10-11H2,1H3. The van der Waals surface area contributed by atoms with Crippen LogP contribution < -0.4 is 15.4 Å². The summed E-state index contributed by atoms with van der Waals surface area (Å²) in [6.07, 6.45) is 3.54. The number of anilines is 2. The van der Waals surface area contributed by atoms with Gasteiger partial charge < -0.3 is 9.32 Å². The third-order valence-corrected chi connectivity index (χ3v) is 6.27. The van der Waals surface area contributed by atoms with E-state index in [-0.39, 0.29) is 10.5 Å². The smallest absolute Gasteiger partial charge is 0.408 e. The summed E-state index contributed by atoms with van der Waals surface area (Å²) in [5.41, 5.74) is 2.31. The summed E-state index contributed by atoms with van der Waals surface area (Å²) >= 11 is 0. The number of hydrogen-bond donors (Lipinski definition) is 1. The van der Waals surface area contributed by atoms with Crippen LogP contribution in [-0.2, 0) is 17.1 Å². The number of benzene rings is 2. The van der Waals surface area contributed by atoms with Crippen molar-refractivity contribution in [1.29, 1.82) is 0 Å². The molecule has 8 heteroatoms. The molecule has 1 aliphatic rings. The van der Waals surface area contributed by atoms with E-state index in [2.05, 4.69) is 9.62 Å². The zero-order valence-corrected chi connectivity index (χ0v) is 15.8. The van der Waals surface area contributed by atoms with E-state index in [1.54, 1.807) is 19.2 Å². The number of hydrogen-bond acceptors (Lipinski definition) is 5. The average Bonchev–Trinajstić information content (AvgIpc) is 2.96. The van der Waals surface area contributed by atoms with Gasteiger partial charge in [0.15, 0.2) is 5.58 Å². The van der Waals surface area contributed by atoms with Crippen molar-refractivity contribution < 1.29 is 12.8 Å². The summed E-state index contributed by atoms with van der Waals surface area (Å²) < 4.78 is 34.6. The van der Waals surface area contributed by atoms with Crippen LogP contribution in [0.15, 0.2) is 56.6 Å². The first-order valence-electron chi connectivity index (χ1n) is 8.91. The average molecular weight is 387 g/mol. The lowest BCUT2D eigenvalue weighted by Gasteiger charge is -2.29. The number of nitrogens with zero attached hydrogens (tertiary/aromatic N) is 2. The molecule has 0 atom stereocenters. The fraction of sp³-hybridized carbons (Fsp3) is 0.316. The minimum Gasteiger partial charge on any atom is -0.408 e. The molecule has 1 aromatic heterocycles. The first-order valence-corrected chi connectivity index (χ1v) is 10.4. The maximum atomic E-state index is 12.8. The third-order valence-electron chi connectivity index (χ3n) is 4.89. The van der Waals surface area contributed by atoms with Crippen LogP contribution in [0.3, 0.4) is 0 Å². The van der Waals surface area contributed by atoms with Crippen LogP contribution in [0.25, 0.3) is 11.1 Å². The van der Waals surface area contributed by atoms with Gasteiger partial charge in [-0.1, -0.05) is 6.07 Å². The van der Waals surface area contributed by atoms with Gasteiger partial charge in [-0.15, -0.1) is 0 Å². The lowest BCUT2D eigenvalue weighted by Crippen LogP contribution is -2.29. The molecule has 142 valence electrons. The zero-order valence-electron chi connectivity index (χ0n) is 15.0. The molecule has 0 bridgehead atoms. The largest absolute Gasteiger partial charge is 0.419 e. The Morgan fingerprint density at radius 3 is 2.59 bits per heavy atom. The highest BCUT2D eigenvalue weighted by Gasteiger charge is 2.18. The van der Waals surface area contributed by atoms with Crippen LogP contribution in [0.1, 0.15) is 19.3 Å². The molecule has 4 rings (SSSR count). The molecule has 1 fully saturated rings. The molecule has 1 saturated heterocycles. The quantitative estimate of drug-likeness (QED) is 0.744. The maximum absolute atomic E-state index is 12.8. The van der Waals surface area contributed by atoms with Gasteiger partial charge in [0.1, 0.15) is 0 Å². The second-order valence-electron chi connectivity index (χ2n) is 6.76. The van der Waals surface area contributed by atoms with Crippen LogP contribution in [0.5, 0.6) is 0 Å². The van der Waals surface area contributed by atoms with Gasteiger partial charge in [0.2, 0.25) is 0 Å². The van der Waals surface area contributed by atoms with Crippen LogP contribution in [0, 0.1) is 0 Å². The molecule has 2 aromatic carbocycles. The number of oxazole rings is 1. The Morgan fingerprint density at radius 2 is 1.81 bits per heavy atom. The second kappa shape index (κ2) is 6.77. The van der Waals surface area contributed by atoms with Crippen LogP contribution in [0.2, 0.25) is 0 Å². The van der Waals surface area contributed by atoms with Crippen LogP contribution in [-0.4, -0.2) is 26.1 Å². The van der Waals surface area contributed by atoms with Gasteiger partial charge in [-0.3, -0.25) is 9.29 Å². The molecule has 0 amide bonds. The van der Waals surface area contributed by atoms with Gasteiger partial charge >= 0.3 is 5.76 Å². The topological polar surface area (TPSA) is 84.5 Å². The second-order valence-corrected chi connectivity index (χ2v) is 8.44. The minimum atomic E-state index is -3.80. The molecule has 0 radical (unpaired) electrons. The number of fused-ring (bicyclic) bond motifs is 1. The molecule has 0 unspecified atom stereocenters. The van der Waals surface area contributed by atoms with Gasteiger partial charge in [0.05, 0.1) is 16.1 Å².